The van der Waals surface area contributed by atoms with Crippen molar-refractivity contribution in [1.29, 1.82) is 0 Å². The van der Waals surface area contributed by atoms with E-state index in [0.717, 1.165) is 68.4 Å². The summed E-state index contributed by atoms with van der Waals surface area (Å²) in [7, 11) is 1.68. The van der Waals surface area contributed by atoms with Gasteiger partial charge >= 0.3 is 0 Å². The van der Waals surface area contributed by atoms with Gasteiger partial charge in [-0.05, 0) is 26.2 Å². The molecule has 0 aliphatic heterocycles. The average Bonchev–Trinajstić information content (AvgIpc) is 3.03. The van der Waals surface area contributed by atoms with Gasteiger partial charge in [0.2, 0.25) is 0 Å². The Hall–Kier alpha value is -0.870. The third kappa shape index (κ3) is 9.72. The topological polar surface area (TPSA) is 80.9 Å². The largest absolute Gasteiger partial charge is 0.382 e. The molecule has 0 fully saturated rings. The SMILES string of the molecule is CCNC(=NCc1c(CC)noc1CC)NCCCCOCCOC.I. The van der Waals surface area contributed by atoms with Crippen molar-refractivity contribution in [2.24, 2.45) is 4.99 Å². The standard InChI is InChI=1S/C18H34N4O3.HI/c1-5-16-15(17(6-2)25-22-16)14-21-18(19-7-3)20-10-8-9-11-24-13-12-23-4;/h5-14H2,1-4H3,(H2,19,20,21);1H. The summed E-state index contributed by atoms with van der Waals surface area (Å²) in [6.07, 6.45) is 3.75. The van der Waals surface area contributed by atoms with Crippen molar-refractivity contribution in [2.75, 3.05) is 40.0 Å². The van der Waals surface area contributed by atoms with Crippen LogP contribution in [-0.4, -0.2) is 51.1 Å². The van der Waals surface area contributed by atoms with Gasteiger partial charge in [0.05, 0.1) is 25.5 Å². The number of guanidine groups is 1. The molecule has 0 spiro atoms. The first-order valence-corrected chi connectivity index (χ1v) is 9.31. The van der Waals surface area contributed by atoms with Crippen LogP contribution < -0.4 is 10.6 Å². The van der Waals surface area contributed by atoms with Gasteiger partial charge in [0.25, 0.3) is 0 Å². The summed E-state index contributed by atoms with van der Waals surface area (Å²) < 4.78 is 15.8. The van der Waals surface area contributed by atoms with Crippen LogP contribution in [0.15, 0.2) is 9.52 Å². The summed E-state index contributed by atoms with van der Waals surface area (Å²) in [6, 6.07) is 0. The van der Waals surface area contributed by atoms with Crippen LogP contribution >= 0.6 is 24.0 Å². The minimum atomic E-state index is 0. The summed E-state index contributed by atoms with van der Waals surface area (Å²) in [5.74, 6) is 1.76. The lowest BCUT2D eigenvalue weighted by atomic mass is 10.1. The molecule has 0 unspecified atom stereocenters. The minimum Gasteiger partial charge on any atom is -0.382 e. The second-order valence-electron chi connectivity index (χ2n) is 5.67. The van der Waals surface area contributed by atoms with E-state index in [9.17, 15) is 0 Å². The maximum absolute atomic E-state index is 5.46. The van der Waals surface area contributed by atoms with Gasteiger partial charge in [-0.1, -0.05) is 19.0 Å². The molecule has 0 amide bonds. The van der Waals surface area contributed by atoms with Gasteiger partial charge in [0.1, 0.15) is 5.76 Å². The number of aliphatic imine (C=N–C) groups is 1. The van der Waals surface area contributed by atoms with Crippen molar-refractivity contribution in [1.82, 2.24) is 15.8 Å². The van der Waals surface area contributed by atoms with E-state index >= 15 is 0 Å². The Morgan fingerprint density at radius 1 is 1.08 bits per heavy atom. The Balaban J connectivity index is 0.00000625. The van der Waals surface area contributed by atoms with Gasteiger partial charge in [-0.3, -0.25) is 0 Å². The Morgan fingerprint density at radius 3 is 2.54 bits per heavy atom. The van der Waals surface area contributed by atoms with E-state index in [1.54, 1.807) is 7.11 Å². The van der Waals surface area contributed by atoms with E-state index in [1.807, 2.05) is 0 Å². The van der Waals surface area contributed by atoms with Crippen molar-refractivity contribution in [3.63, 3.8) is 0 Å². The first kappa shape index (κ1) is 25.1. The molecule has 1 aromatic heterocycles. The molecule has 2 N–H and O–H groups in total. The number of halogens is 1. The van der Waals surface area contributed by atoms with Crippen LogP contribution in [0, 0.1) is 0 Å². The fraction of sp³-hybridized carbons (Fsp3) is 0.778. The van der Waals surface area contributed by atoms with Gasteiger partial charge in [-0.2, -0.15) is 0 Å². The van der Waals surface area contributed by atoms with E-state index in [2.05, 4.69) is 41.6 Å². The van der Waals surface area contributed by atoms with Crippen LogP contribution in [0.25, 0.3) is 0 Å². The maximum Gasteiger partial charge on any atom is 0.191 e. The fourth-order valence-electron chi connectivity index (χ4n) is 2.40. The van der Waals surface area contributed by atoms with Crippen LogP contribution in [0.5, 0.6) is 0 Å². The summed E-state index contributed by atoms with van der Waals surface area (Å²) in [6.45, 7) is 10.6. The Labute approximate surface area is 174 Å². The number of nitrogens with one attached hydrogen (secondary N) is 2. The summed E-state index contributed by atoms with van der Waals surface area (Å²) in [5, 5.41) is 10.8. The van der Waals surface area contributed by atoms with E-state index in [0.29, 0.717) is 19.8 Å². The third-order valence-electron chi connectivity index (χ3n) is 3.79. The smallest absolute Gasteiger partial charge is 0.191 e. The molecule has 0 aliphatic carbocycles. The highest BCUT2D eigenvalue weighted by molar-refractivity contribution is 14.0. The first-order valence-electron chi connectivity index (χ1n) is 9.31. The summed E-state index contributed by atoms with van der Waals surface area (Å²) >= 11 is 0. The zero-order chi connectivity index (χ0) is 18.3. The lowest BCUT2D eigenvalue weighted by Crippen LogP contribution is -2.37. The van der Waals surface area contributed by atoms with Crippen molar-refractivity contribution >= 4 is 29.9 Å². The highest BCUT2D eigenvalue weighted by Gasteiger charge is 2.12. The number of hydrogen-bond donors (Lipinski definition) is 2. The van der Waals surface area contributed by atoms with Gasteiger partial charge in [-0.25, -0.2) is 4.99 Å². The number of rotatable bonds is 13. The van der Waals surface area contributed by atoms with Crippen LogP contribution in [0.4, 0.5) is 0 Å². The third-order valence-corrected chi connectivity index (χ3v) is 3.79. The second-order valence-corrected chi connectivity index (χ2v) is 5.67. The van der Waals surface area contributed by atoms with E-state index in [-0.39, 0.29) is 24.0 Å². The predicted molar refractivity (Wildman–Crippen MR) is 115 cm³/mol. The molecule has 152 valence electrons. The van der Waals surface area contributed by atoms with Crippen molar-refractivity contribution in [3.05, 3.63) is 17.0 Å². The number of ether oxygens (including phenoxy) is 2. The highest BCUT2D eigenvalue weighted by atomic mass is 127. The second kappa shape index (κ2) is 16.3. The molecule has 7 nitrogen and oxygen atoms in total. The Kier molecular flexibility index (Phi) is 15.8. The maximum atomic E-state index is 5.46. The number of methoxy groups -OCH3 is 1. The number of nitrogens with zero attached hydrogens (tertiary/aromatic N) is 2. The molecule has 0 aromatic carbocycles. The monoisotopic (exact) mass is 482 g/mol. The average molecular weight is 482 g/mol. The molecule has 1 aromatic rings. The zero-order valence-corrected chi connectivity index (χ0v) is 18.9. The first-order chi connectivity index (χ1) is 12.3. The molecule has 8 heteroatoms. The van der Waals surface area contributed by atoms with Crippen molar-refractivity contribution in [3.8, 4) is 0 Å². The van der Waals surface area contributed by atoms with Gasteiger partial charge < -0.3 is 24.6 Å². The van der Waals surface area contributed by atoms with Gasteiger partial charge in [0, 0.05) is 38.8 Å². The lowest BCUT2D eigenvalue weighted by Gasteiger charge is -2.11. The Morgan fingerprint density at radius 2 is 1.88 bits per heavy atom. The van der Waals surface area contributed by atoms with Gasteiger partial charge in [0.15, 0.2) is 5.96 Å². The normalized spacial score (nSPS) is 11.3. The van der Waals surface area contributed by atoms with Crippen molar-refractivity contribution in [2.45, 2.75) is 53.0 Å². The minimum absolute atomic E-state index is 0. The van der Waals surface area contributed by atoms with Crippen LogP contribution in [-0.2, 0) is 28.9 Å². The molecule has 1 rings (SSSR count). The van der Waals surface area contributed by atoms with Gasteiger partial charge in [-0.15, -0.1) is 24.0 Å². The van der Waals surface area contributed by atoms with Crippen LogP contribution in [0.1, 0.15) is 50.6 Å². The van der Waals surface area contributed by atoms with E-state index in [4.69, 9.17) is 14.0 Å². The van der Waals surface area contributed by atoms with Crippen LogP contribution in [0.3, 0.4) is 0 Å². The molecule has 0 radical (unpaired) electrons. The lowest BCUT2D eigenvalue weighted by molar-refractivity contribution is 0.0689. The van der Waals surface area contributed by atoms with Crippen LogP contribution in [0.2, 0.25) is 0 Å². The Bertz CT molecular complexity index is 473. The quantitative estimate of drug-likeness (QED) is 0.195. The number of hydrogen-bond acceptors (Lipinski definition) is 5. The van der Waals surface area contributed by atoms with E-state index < -0.39 is 0 Å². The molecule has 0 saturated heterocycles. The molecule has 0 bridgehead atoms. The highest BCUT2D eigenvalue weighted by Crippen LogP contribution is 2.16. The summed E-state index contributed by atoms with van der Waals surface area (Å²) in [4.78, 5) is 4.68. The molecule has 0 aliphatic rings. The molecular weight excluding hydrogens is 447 g/mol. The van der Waals surface area contributed by atoms with Crippen molar-refractivity contribution < 1.29 is 14.0 Å². The molecule has 1 heterocycles. The molecular formula is C18H35IN4O3. The number of aryl methyl sites for hydroxylation is 2. The number of aromatic nitrogens is 1. The molecule has 0 saturated carbocycles. The zero-order valence-electron chi connectivity index (χ0n) is 16.6. The summed E-state index contributed by atoms with van der Waals surface area (Å²) in [5.41, 5.74) is 2.12. The number of unbranched alkanes of at least 4 members (excludes halogenated alkanes) is 1. The molecule has 0 atom stereocenters. The predicted octanol–water partition coefficient (Wildman–Crippen LogP) is 2.92. The fourth-order valence-corrected chi connectivity index (χ4v) is 2.40. The van der Waals surface area contributed by atoms with E-state index in [1.165, 1.54) is 0 Å². The molecule has 26 heavy (non-hydrogen) atoms.